The van der Waals surface area contributed by atoms with Crippen LogP contribution in [-0.2, 0) is 0 Å². The molecule has 0 fully saturated rings. The lowest BCUT2D eigenvalue weighted by molar-refractivity contribution is 0.102. The van der Waals surface area contributed by atoms with Crippen LogP contribution in [-0.4, -0.2) is 21.6 Å². The molecule has 4 rings (SSSR count). The van der Waals surface area contributed by atoms with Crippen LogP contribution in [0.5, 0.6) is 0 Å². The number of hydrogen-bond donors (Lipinski definition) is 2. The molecule has 0 saturated carbocycles. The van der Waals surface area contributed by atoms with Crippen LogP contribution in [0.15, 0.2) is 83.8 Å². The summed E-state index contributed by atoms with van der Waals surface area (Å²) in [4.78, 5) is 25.1. The van der Waals surface area contributed by atoms with Gasteiger partial charge in [0.05, 0.1) is 22.5 Å². The zero-order valence-corrected chi connectivity index (χ0v) is 15.5. The second-order valence-corrected chi connectivity index (χ2v) is 6.74. The Labute approximate surface area is 165 Å². The van der Waals surface area contributed by atoms with E-state index in [0.29, 0.717) is 22.5 Å². The minimum atomic E-state index is -0.298. The number of benzene rings is 2. The first-order chi connectivity index (χ1) is 13.7. The molecule has 138 valence electrons. The number of thiophene rings is 1. The SMILES string of the molecule is O=C(Nc1ccccc1C(=O)Nc1ccc(-n2cccn2)cc1)c1ccsc1. The van der Waals surface area contributed by atoms with Gasteiger partial charge in [0.25, 0.3) is 11.8 Å². The molecular weight excluding hydrogens is 372 g/mol. The quantitative estimate of drug-likeness (QED) is 0.531. The van der Waals surface area contributed by atoms with Gasteiger partial charge < -0.3 is 10.6 Å². The normalized spacial score (nSPS) is 10.4. The predicted octanol–water partition coefficient (Wildman–Crippen LogP) is 4.44. The van der Waals surface area contributed by atoms with Crippen LogP contribution >= 0.6 is 11.3 Å². The highest BCUT2D eigenvalue weighted by atomic mass is 32.1. The van der Waals surface area contributed by atoms with Crippen molar-refractivity contribution in [3.8, 4) is 5.69 Å². The first kappa shape index (κ1) is 17.7. The van der Waals surface area contributed by atoms with Crippen LogP contribution in [0.2, 0.25) is 0 Å². The van der Waals surface area contributed by atoms with Gasteiger partial charge >= 0.3 is 0 Å². The Balaban J connectivity index is 1.50. The van der Waals surface area contributed by atoms with E-state index in [-0.39, 0.29) is 11.8 Å². The minimum absolute atomic E-state index is 0.245. The van der Waals surface area contributed by atoms with Crippen molar-refractivity contribution in [2.45, 2.75) is 0 Å². The van der Waals surface area contributed by atoms with Crippen molar-refractivity contribution in [1.82, 2.24) is 9.78 Å². The Morgan fingerprint density at radius 3 is 2.43 bits per heavy atom. The Kier molecular flexibility index (Phi) is 4.99. The van der Waals surface area contributed by atoms with Crippen LogP contribution in [0.25, 0.3) is 5.69 Å². The number of amides is 2. The van der Waals surface area contributed by atoms with E-state index in [9.17, 15) is 9.59 Å². The average molecular weight is 388 g/mol. The fourth-order valence-electron chi connectivity index (χ4n) is 2.70. The van der Waals surface area contributed by atoms with Crippen molar-refractivity contribution < 1.29 is 9.59 Å². The number of carbonyl (C=O) groups excluding carboxylic acids is 2. The number of para-hydroxylation sites is 1. The third kappa shape index (κ3) is 3.84. The highest BCUT2D eigenvalue weighted by molar-refractivity contribution is 7.08. The van der Waals surface area contributed by atoms with E-state index >= 15 is 0 Å². The van der Waals surface area contributed by atoms with Crippen LogP contribution in [0.3, 0.4) is 0 Å². The molecule has 0 aliphatic heterocycles. The fraction of sp³-hybridized carbons (Fsp3) is 0. The molecule has 2 aromatic heterocycles. The molecule has 0 aliphatic rings. The maximum Gasteiger partial charge on any atom is 0.257 e. The summed E-state index contributed by atoms with van der Waals surface area (Å²) in [5.41, 5.74) is 2.97. The molecule has 6 nitrogen and oxygen atoms in total. The van der Waals surface area contributed by atoms with E-state index in [1.165, 1.54) is 11.3 Å². The Morgan fingerprint density at radius 2 is 1.71 bits per heavy atom. The van der Waals surface area contributed by atoms with Gasteiger partial charge in [0.15, 0.2) is 0 Å². The summed E-state index contributed by atoms with van der Waals surface area (Å²) >= 11 is 1.44. The summed E-state index contributed by atoms with van der Waals surface area (Å²) in [5.74, 6) is -0.543. The van der Waals surface area contributed by atoms with Gasteiger partial charge in [0.2, 0.25) is 0 Å². The van der Waals surface area contributed by atoms with Gasteiger partial charge in [-0.25, -0.2) is 4.68 Å². The molecule has 0 aliphatic carbocycles. The maximum atomic E-state index is 12.7. The Hall–Kier alpha value is -3.71. The molecule has 2 amide bonds. The summed E-state index contributed by atoms with van der Waals surface area (Å²) in [5, 5.41) is 13.4. The number of nitrogens with zero attached hydrogens (tertiary/aromatic N) is 2. The molecular formula is C21H16N4O2S. The molecule has 4 aromatic rings. The van der Waals surface area contributed by atoms with Gasteiger partial charge in [-0.2, -0.15) is 16.4 Å². The van der Waals surface area contributed by atoms with Gasteiger partial charge in [-0.15, -0.1) is 0 Å². The van der Waals surface area contributed by atoms with Crippen LogP contribution in [0.4, 0.5) is 11.4 Å². The first-order valence-corrected chi connectivity index (χ1v) is 9.49. The van der Waals surface area contributed by atoms with Crippen molar-refractivity contribution in [1.29, 1.82) is 0 Å². The molecule has 2 heterocycles. The van der Waals surface area contributed by atoms with Crippen molar-refractivity contribution in [2.24, 2.45) is 0 Å². The molecule has 2 aromatic carbocycles. The van der Waals surface area contributed by atoms with Crippen LogP contribution < -0.4 is 10.6 Å². The van der Waals surface area contributed by atoms with Crippen molar-refractivity contribution in [3.63, 3.8) is 0 Å². The van der Waals surface area contributed by atoms with Crippen molar-refractivity contribution >= 4 is 34.5 Å². The number of carbonyl (C=O) groups is 2. The van der Waals surface area contributed by atoms with Crippen LogP contribution in [0, 0.1) is 0 Å². The summed E-state index contributed by atoms with van der Waals surface area (Å²) in [6, 6.07) is 17.9. The molecule has 0 spiro atoms. The average Bonchev–Trinajstić information content (AvgIpc) is 3.43. The maximum absolute atomic E-state index is 12.7. The molecule has 0 saturated heterocycles. The largest absolute Gasteiger partial charge is 0.322 e. The van der Waals surface area contributed by atoms with Crippen molar-refractivity contribution in [2.75, 3.05) is 10.6 Å². The predicted molar refractivity (Wildman–Crippen MR) is 110 cm³/mol. The van der Waals surface area contributed by atoms with Gasteiger partial charge in [-0.3, -0.25) is 9.59 Å². The molecule has 7 heteroatoms. The summed E-state index contributed by atoms with van der Waals surface area (Å²) < 4.78 is 1.74. The van der Waals surface area contributed by atoms with Crippen LogP contribution in [0.1, 0.15) is 20.7 Å². The van der Waals surface area contributed by atoms with E-state index in [4.69, 9.17) is 0 Å². The lowest BCUT2D eigenvalue weighted by Gasteiger charge is -2.11. The second-order valence-electron chi connectivity index (χ2n) is 5.96. The standard InChI is InChI=1S/C21H16N4O2S/c26-20(15-10-13-28-14-15)24-19-5-2-1-4-18(19)21(27)23-16-6-8-17(9-7-16)25-12-3-11-22-25/h1-14H,(H,23,27)(H,24,26). The van der Waals surface area contributed by atoms with E-state index in [0.717, 1.165) is 5.69 Å². The number of rotatable bonds is 5. The zero-order valence-electron chi connectivity index (χ0n) is 14.7. The molecule has 0 atom stereocenters. The topological polar surface area (TPSA) is 76.0 Å². The monoisotopic (exact) mass is 388 g/mol. The summed E-state index contributed by atoms with van der Waals surface area (Å²) in [7, 11) is 0. The molecule has 0 radical (unpaired) electrons. The van der Waals surface area contributed by atoms with Gasteiger partial charge in [0.1, 0.15) is 0 Å². The highest BCUT2D eigenvalue weighted by Crippen LogP contribution is 2.20. The number of aromatic nitrogens is 2. The van der Waals surface area contributed by atoms with E-state index in [2.05, 4.69) is 15.7 Å². The van der Waals surface area contributed by atoms with E-state index in [1.807, 2.05) is 41.9 Å². The Bertz CT molecular complexity index is 1090. The molecule has 0 unspecified atom stereocenters. The van der Waals surface area contributed by atoms with Gasteiger partial charge in [0, 0.05) is 23.5 Å². The van der Waals surface area contributed by atoms with Gasteiger partial charge in [-0.05, 0) is 53.9 Å². The molecule has 28 heavy (non-hydrogen) atoms. The first-order valence-electron chi connectivity index (χ1n) is 8.55. The lowest BCUT2D eigenvalue weighted by Crippen LogP contribution is -2.18. The fourth-order valence-corrected chi connectivity index (χ4v) is 3.33. The number of hydrogen-bond acceptors (Lipinski definition) is 4. The highest BCUT2D eigenvalue weighted by Gasteiger charge is 2.14. The van der Waals surface area contributed by atoms with E-state index < -0.39 is 0 Å². The molecule has 2 N–H and O–H groups in total. The van der Waals surface area contributed by atoms with Gasteiger partial charge in [-0.1, -0.05) is 12.1 Å². The third-order valence-electron chi connectivity index (χ3n) is 4.10. The second kappa shape index (κ2) is 7.89. The number of nitrogens with one attached hydrogen (secondary N) is 2. The zero-order chi connectivity index (χ0) is 19.3. The smallest absolute Gasteiger partial charge is 0.257 e. The van der Waals surface area contributed by atoms with Crippen molar-refractivity contribution in [3.05, 3.63) is 94.9 Å². The lowest BCUT2D eigenvalue weighted by atomic mass is 10.1. The third-order valence-corrected chi connectivity index (χ3v) is 4.78. The van der Waals surface area contributed by atoms with E-state index in [1.54, 1.807) is 46.6 Å². The summed E-state index contributed by atoms with van der Waals surface area (Å²) in [6.07, 6.45) is 3.55. The summed E-state index contributed by atoms with van der Waals surface area (Å²) in [6.45, 7) is 0. The Morgan fingerprint density at radius 1 is 0.893 bits per heavy atom. The minimum Gasteiger partial charge on any atom is -0.322 e. The number of anilines is 2. The molecule has 0 bridgehead atoms.